The first-order valence-electron chi connectivity index (χ1n) is 7.42. The summed E-state index contributed by atoms with van der Waals surface area (Å²) in [5.41, 5.74) is 3.96. The molecule has 2 nitrogen and oxygen atoms in total. The number of hydrogen-bond donors (Lipinski definition) is 0. The van der Waals surface area contributed by atoms with Crippen LogP contribution in [0.4, 0.5) is 5.69 Å². The molecular weight excluding hydrogens is 258 g/mol. The molecule has 108 valence electrons. The fourth-order valence-electron chi connectivity index (χ4n) is 3.10. The lowest BCUT2D eigenvalue weighted by molar-refractivity contribution is -0.116. The summed E-state index contributed by atoms with van der Waals surface area (Å²) in [6, 6.07) is 19.1. The van der Waals surface area contributed by atoms with Crippen LogP contribution >= 0.6 is 0 Å². The molecular formula is C19H21NO. The highest BCUT2D eigenvalue weighted by molar-refractivity contribution is 5.90. The quantitative estimate of drug-likeness (QED) is 0.828. The van der Waals surface area contributed by atoms with Crippen molar-refractivity contribution in [1.82, 2.24) is 0 Å². The summed E-state index contributed by atoms with van der Waals surface area (Å²) in [5, 5.41) is 0. The van der Waals surface area contributed by atoms with E-state index >= 15 is 0 Å². The maximum atomic E-state index is 11.4. The molecule has 1 aliphatic rings. The Morgan fingerprint density at radius 3 is 2.29 bits per heavy atom. The minimum atomic E-state index is 0.0579. The molecule has 0 radical (unpaired) electrons. The van der Waals surface area contributed by atoms with Crippen molar-refractivity contribution in [3.8, 4) is 0 Å². The highest BCUT2D eigenvalue weighted by atomic mass is 16.2. The number of nitrogens with zero attached hydrogens (tertiary/aromatic N) is 1. The van der Waals surface area contributed by atoms with Gasteiger partial charge in [0.05, 0.1) is 0 Å². The second-order valence-corrected chi connectivity index (χ2v) is 6.21. The van der Waals surface area contributed by atoms with Gasteiger partial charge in [-0.05, 0) is 41.0 Å². The van der Waals surface area contributed by atoms with E-state index < -0.39 is 0 Å². The fraction of sp³-hybridized carbons (Fsp3) is 0.316. The van der Waals surface area contributed by atoms with Crippen molar-refractivity contribution in [2.75, 3.05) is 11.9 Å². The molecule has 1 amide bonds. The van der Waals surface area contributed by atoms with Gasteiger partial charge in [-0.25, -0.2) is 0 Å². The molecule has 2 atom stereocenters. The first-order valence-corrected chi connectivity index (χ1v) is 7.42. The molecule has 0 aliphatic heterocycles. The fourth-order valence-corrected chi connectivity index (χ4v) is 3.10. The summed E-state index contributed by atoms with van der Waals surface area (Å²) in [6.07, 6.45) is 1.19. The van der Waals surface area contributed by atoms with E-state index in [1.807, 2.05) is 19.2 Å². The molecule has 1 saturated carbocycles. The smallest absolute Gasteiger partial charge is 0.223 e. The van der Waals surface area contributed by atoms with Crippen LogP contribution < -0.4 is 4.90 Å². The van der Waals surface area contributed by atoms with Crippen molar-refractivity contribution in [1.29, 1.82) is 0 Å². The van der Waals surface area contributed by atoms with Gasteiger partial charge in [0.25, 0.3) is 0 Å². The number of hydrogen-bond acceptors (Lipinski definition) is 1. The van der Waals surface area contributed by atoms with Gasteiger partial charge in [-0.2, -0.15) is 0 Å². The minimum absolute atomic E-state index is 0.0579. The number of carbonyl (C=O) groups excluding carboxylic acids is 1. The van der Waals surface area contributed by atoms with Gasteiger partial charge in [0.15, 0.2) is 0 Å². The van der Waals surface area contributed by atoms with Crippen LogP contribution in [0, 0.1) is 0 Å². The maximum absolute atomic E-state index is 11.4. The Hall–Kier alpha value is -2.09. The van der Waals surface area contributed by atoms with Gasteiger partial charge in [-0.1, -0.05) is 49.4 Å². The van der Waals surface area contributed by atoms with E-state index in [4.69, 9.17) is 0 Å². The minimum Gasteiger partial charge on any atom is -0.316 e. The zero-order valence-electron chi connectivity index (χ0n) is 12.8. The highest BCUT2D eigenvalue weighted by Crippen LogP contribution is 2.60. The zero-order valence-corrected chi connectivity index (χ0v) is 12.8. The second-order valence-electron chi connectivity index (χ2n) is 6.21. The van der Waals surface area contributed by atoms with E-state index in [2.05, 4.69) is 49.4 Å². The molecule has 0 N–H and O–H groups in total. The molecule has 1 unspecified atom stereocenters. The van der Waals surface area contributed by atoms with Gasteiger partial charge in [0.1, 0.15) is 0 Å². The summed E-state index contributed by atoms with van der Waals surface area (Å²) < 4.78 is 0. The lowest BCUT2D eigenvalue weighted by atomic mass is 9.92. The second kappa shape index (κ2) is 5.03. The molecule has 2 aromatic rings. The van der Waals surface area contributed by atoms with Crippen LogP contribution in [0.1, 0.15) is 37.3 Å². The average molecular weight is 279 g/mol. The Morgan fingerprint density at radius 2 is 1.71 bits per heavy atom. The molecule has 2 heteroatoms. The third-order valence-electron chi connectivity index (χ3n) is 4.83. The SMILES string of the molecule is CC(=O)N(C)c1ccc([C@@]2(C)CC2c2ccccc2)cc1. The van der Waals surface area contributed by atoms with Crippen LogP contribution in [0.2, 0.25) is 0 Å². The molecule has 0 bridgehead atoms. The zero-order chi connectivity index (χ0) is 15.0. The number of amides is 1. The first-order chi connectivity index (χ1) is 10.0. The summed E-state index contributed by atoms with van der Waals surface area (Å²) >= 11 is 0. The van der Waals surface area contributed by atoms with Crippen molar-refractivity contribution < 1.29 is 4.79 Å². The van der Waals surface area contributed by atoms with Gasteiger partial charge < -0.3 is 4.90 Å². The van der Waals surface area contributed by atoms with Gasteiger partial charge in [0.2, 0.25) is 5.91 Å². The molecule has 1 fully saturated rings. The third kappa shape index (κ3) is 2.46. The van der Waals surface area contributed by atoms with Crippen molar-refractivity contribution in [2.24, 2.45) is 0 Å². The van der Waals surface area contributed by atoms with Crippen LogP contribution in [0.5, 0.6) is 0 Å². The molecule has 0 saturated heterocycles. The molecule has 0 spiro atoms. The van der Waals surface area contributed by atoms with Crippen LogP contribution in [0.15, 0.2) is 54.6 Å². The van der Waals surface area contributed by atoms with E-state index in [0.717, 1.165) is 5.69 Å². The van der Waals surface area contributed by atoms with Crippen LogP contribution in [-0.4, -0.2) is 13.0 Å². The monoisotopic (exact) mass is 279 g/mol. The lowest BCUT2D eigenvalue weighted by Gasteiger charge is -2.17. The van der Waals surface area contributed by atoms with Crippen molar-refractivity contribution in [2.45, 2.75) is 31.6 Å². The molecule has 2 aromatic carbocycles. The first kappa shape index (κ1) is 13.9. The standard InChI is InChI=1S/C19H21NO/c1-14(21)20(3)17-11-9-16(10-12-17)19(2)13-18(19)15-7-5-4-6-8-15/h4-12,18H,13H2,1-3H3/t18?,19-/m1/s1. The highest BCUT2D eigenvalue weighted by Gasteiger charge is 2.51. The third-order valence-corrected chi connectivity index (χ3v) is 4.83. The van der Waals surface area contributed by atoms with E-state index in [9.17, 15) is 4.79 Å². The van der Waals surface area contributed by atoms with E-state index in [1.54, 1.807) is 11.8 Å². The Kier molecular flexibility index (Phi) is 3.32. The van der Waals surface area contributed by atoms with Gasteiger partial charge in [-0.3, -0.25) is 4.79 Å². The predicted molar refractivity (Wildman–Crippen MR) is 86.7 cm³/mol. The summed E-state index contributed by atoms with van der Waals surface area (Å²) in [5.74, 6) is 0.664. The average Bonchev–Trinajstić information content (AvgIpc) is 3.21. The van der Waals surface area contributed by atoms with Crippen LogP contribution in [0.25, 0.3) is 0 Å². The van der Waals surface area contributed by atoms with Crippen LogP contribution in [-0.2, 0) is 10.2 Å². The number of anilines is 1. The summed E-state index contributed by atoms with van der Waals surface area (Å²) in [6.45, 7) is 3.91. The Balaban J connectivity index is 1.81. The lowest BCUT2D eigenvalue weighted by Crippen LogP contribution is -2.22. The molecule has 0 heterocycles. The van der Waals surface area contributed by atoms with E-state index in [0.29, 0.717) is 5.92 Å². The largest absolute Gasteiger partial charge is 0.316 e. The summed E-state index contributed by atoms with van der Waals surface area (Å²) in [4.78, 5) is 13.1. The van der Waals surface area contributed by atoms with Gasteiger partial charge in [0, 0.05) is 19.7 Å². The van der Waals surface area contributed by atoms with Crippen molar-refractivity contribution >= 4 is 11.6 Å². The number of carbonyl (C=O) groups is 1. The van der Waals surface area contributed by atoms with E-state index in [1.165, 1.54) is 17.5 Å². The number of rotatable bonds is 3. The molecule has 3 rings (SSSR count). The predicted octanol–water partition coefficient (Wildman–Crippen LogP) is 4.11. The Bertz CT molecular complexity index is 647. The van der Waals surface area contributed by atoms with Crippen molar-refractivity contribution in [3.63, 3.8) is 0 Å². The molecule has 21 heavy (non-hydrogen) atoms. The van der Waals surface area contributed by atoms with E-state index in [-0.39, 0.29) is 11.3 Å². The Morgan fingerprint density at radius 1 is 1.10 bits per heavy atom. The van der Waals surface area contributed by atoms with Gasteiger partial charge >= 0.3 is 0 Å². The Labute approximate surface area is 126 Å². The number of benzene rings is 2. The normalized spacial score (nSPS) is 23.7. The molecule has 1 aliphatic carbocycles. The maximum Gasteiger partial charge on any atom is 0.223 e. The van der Waals surface area contributed by atoms with Crippen LogP contribution in [0.3, 0.4) is 0 Å². The van der Waals surface area contributed by atoms with Crippen molar-refractivity contribution in [3.05, 3.63) is 65.7 Å². The topological polar surface area (TPSA) is 20.3 Å². The van der Waals surface area contributed by atoms with Gasteiger partial charge in [-0.15, -0.1) is 0 Å². The summed E-state index contributed by atoms with van der Waals surface area (Å²) in [7, 11) is 1.81. The molecule has 0 aromatic heterocycles.